The molecule has 0 saturated carbocycles. The first-order chi connectivity index (χ1) is 12.1. The summed E-state index contributed by atoms with van der Waals surface area (Å²) in [6.45, 7) is 2.19. The Kier molecular flexibility index (Phi) is 5.13. The third kappa shape index (κ3) is 3.16. The molecule has 0 atom stereocenters. The molecule has 1 aromatic carbocycles. The summed E-state index contributed by atoms with van der Waals surface area (Å²) in [5, 5.41) is 0.901. The zero-order valence-corrected chi connectivity index (χ0v) is 15.6. The molecular formula is C18H26N4O3. The van der Waals surface area contributed by atoms with E-state index in [-0.39, 0.29) is 0 Å². The average Bonchev–Trinajstić information content (AvgIpc) is 2.65. The van der Waals surface area contributed by atoms with Crippen molar-refractivity contribution in [2.24, 2.45) is 0 Å². The van der Waals surface area contributed by atoms with Crippen LogP contribution in [0.15, 0.2) is 12.4 Å². The highest BCUT2D eigenvalue weighted by atomic mass is 16.5. The SMILES string of the molecule is COc1cc2c(N(C)C3CCN(C)CC3)ncnc2c(OC)c1OC. The number of methoxy groups -OCH3 is 3. The number of nitrogens with zero attached hydrogens (tertiary/aromatic N) is 4. The first kappa shape index (κ1) is 17.5. The summed E-state index contributed by atoms with van der Waals surface area (Å²) in [6.07, 6.45) is 3.81. The van der Waals surface area contributed by atoms with Crippen molar-refractivity contribution in [1.82, 2.24) is 14.9 Å². The molecule has 25 heavy (non-hydrogen) atoms. The number of ether oxygens (including phenoxy) is 3. The predicted molar refractivity (Wildman–Crippen MR) is 98.1 cm³/mol. The molecule has 1 aliphatic heterocycles. The van der Waals surface area contributed by atoms with Crippen molar-refractivity contribution in [3.05, 3.63) is 12.4 Å². The van der Waals surface area contributed by atoms with Gasteiger partial charge in [0.15, 0.2) is 11.5 Å². The van der Waals surface area contributed by atoms with Gasteiger partial charge >= 0.3 is 0 Å². The number of hydrogen-bond acceptors (Lipinski definition) is 7. The molecule has 3 rings (SSSR count). The molecule has 1 aromatic heterocycles. The van der Waals surface area contributed by atoms with Gasteiger partial charge in [-0.05, 0) is 39.0 Å². The Hall–Kier alpha value is -2.28. The third-order valence-electron chi connectivity index (χ3n) is 4.98. The van der Waals surface area contributed by atoms with Gasteiger partial charge < -0.3 is 24.0 Å². The lowest BCUT2D eigenvalue weighted by Gasteiger charge is -2.36. The fourth-order valence-electron chi connectivity index (χ4n) is 3.49. The molecule has 0 radical (unpaired) electrons. The molecule has 1 aliphatic rings. The lowest BCUT2D eigenvalue weighted by atomic mass is 10.0. The highest BCUT2D eigenvalue weighted by Gasteiger charge is 2.25. The summed E-state index contributed by atoms with van der Waals surface area (Å²) in [6, 6.07) is 2.38. The van der Waals surface area contributed by atoms with Crippen molar-refractivity contribution in [3.8, 4) is 17.2 Å². The van der Waals surface area contributed by atoms with Crippen molar-refractivity contribution in [2.45, 2.75) is 18.9 Å². The smallest absolute Gasteiger partial charge is 0.205 e. The minimum Gasteiger partial charge on any atom is -0.493 e. The maximum Gasteiger partial charge on any atom is 0.205 e. The molecule has 0 N–H and O–H groups in total. The van der Waals surface area contributed by atoms with Crippen LogP contribution in [0.25, 0.3) is 10.9 Å². The molecular weight excluding hydrogens is 320 g/mol. The molecule has 0 aliphatic carbocycles. The van der Waals surface area contributed by atoms with Crippen LogP contribution in [0.3, 0.4) is 0 Å². The Morgan fingerprint density at radius 2 is 1.72 bits per heavy atom. The summed E-state index contributed by atoms with van der Waals surface area (Å²) in [7, 11) is 9.09. The van der Waals surface area contributed by atoms with E-state index in [0.29, 0.717) is 23.3 Å². The normalized spacial score (nSPS) is 16.0. The number of benzene rings is 1. The number of rotatable bonds is 5. The molecule has 0 bridgehead atoms. The third-order valence-corrected chi connectivity index (χ3v) is 4.98. The van der Waals surface area contributed by atoms with E-state index in [1.54, 1.807) is 27.7 Å². The van der Waals surface area contributed by atoms with E-state index in [4.69, 9.17) is 14.2 Å². The first-order valence-electron chi connectivity index (χ1n) is 8.45. The highest BCUT2D eigenvalue weighted by Crippen LogP contribution is 2.44. The minimum atomic E-state index is 0.452. The lowest BCUT2D eigenvalue weighted by molar-refractivity contribution is 0.252. The Balaban J connectivity index is 2.10. The zero-order valence-electron chi connectivity index (χ0n) is 15.6. The zero-order chi connectivity index (χ0) is 18.0. The van der Waals surface area contributed by atoms with Crippen LogP contribution in [-0.4, -0.2) is 69.4 Å². The molecule has 0 spiro atoms. The predicted octanol–water partition coefficient (Wildman–Crippen LogP) is 2.19. The second-order valence-electron chi connectivity index (χ2n) is 6.38. The maximum absolute atomic E-state index is 5.57. The van der Waals surface area contributed by atoms with Crippen LogP contribution in [-0.2, 0) is 0 Å². The molecule has 2 heterocycles. The van der Waals surface area contributed by atoms with Gasteiger partial charge in [0, 0.05) is 13.1 Å². The topological polar surface area (TPSA) is 60.0 Å². The van der Waals surface area contributed by atoms with E-state index in [0.717, 1.165) is 42.7 Å². The van der Waals surface area contributed by atoms with E-state index < -0.39 is 0 Å². The van der Waals surface area contributed by atoms with Crippen molar-refractivity contribution < 1.29 is 14.2 Å². The van der Waals surface area contributed by atoms with Gasteiger partial charge in [0.2, 0.25) is 5.75 Å². The van der Waals surface area contributed by atoms with Gasteiger partial charge in [0.25, 0.3) is 0 Å². The molecule has 7 heteroatoms. The number of hydrogen-bond donors (Lipinski definition) is 0. The Morgan fingerprint density at radius 1 is 1.04 bits per heavy atom. The fourth-order valence-corrected chi connectivity index (χ4v) is 3.49. The van der Waals surface area contributed by atoms with E-state index in [2.05, 4.69) is 33.9 Å². The van der Waals surface area contributed by atoms with Crippen LogP contribution in [0.4, 0.5) is 5.82 Å². The Labute approximate surface area is 148 Å². The summed E-state index contributed by atoms with van der Waals surface area (Å²) >= 11 is 0. The van der Waals surface area contributed by atoms with Gasteiger partial charge in [-0.2, -0.15) is 0 Å². The average molecular weight is 346 g/mol. The minimum absolute atomic E-state index is 0.452. The van der Waals surface area contributed by atoms with E-state index >= 15 is 0 Å². The molecule has 7 nitrogen and oxygen atoms in total. The quantitative estimate of drug-likeness (QED) is 0.822. The van der Waals surface area contributed by atoms with E-state index in [1.807, 2.05) is 6.07 Å². The molecule has 136 valence electrons. The van der Waals surface area contributed by atoms with Crippen LogP contribution in [0, 0.1) is 0 Å². The lowest BCUT2D eigenvalue weighted by Crippen LogP contribution is -2.42. The highest BCUT2D eigenvalue weighted by molar-refractivity contribution is 5.97. The van der Waals surface area contributed by atoms with Crippen LogP contribution in [0.5, 0.6) is 17.2 Å². The summed E-state index contributed by atoms with van der Waals surface area (Å²) in [5.74, 6) is 2.61. The van der Waals surface area contributed by atoms with E-state index in [1.165, 1.54) is 0 Å². The standard InChI is InChI=1S/C18H26N4O3/c1-21-8-6-12(7-9-21)22(2)18-13-10-14(23-3)16(24-4)17(25-5)15(13)19-11-20-18/h10-12H,6-9H2,1-5H3. The first-order valence-corrected chi connectivity index (χ1v) is 8.45. The van der Waals surface area contributed by atoms with Crippen LogP contribution in [0.1, 0.15) is 12.8 Å². The summed E-state index contributed by atoms with van der Waals surface area (Å²) < 4.78 is 16.5. The van der Waals surface area contributed by atoms with Gasteiger partial charge in [-0.3, -0.25) is 0 Å². The van der Waals surface area contributed by atoms with Gasteiger partial charge in [-0.25, -0.2) is 9.97 Å². The molecule has 1 saturated heterocycles. The van der Waals surface area contributed by atoms with Gasteiger partial charge in [0.1, 0.15) is 17.7 Å². The Bertz CT molecular complexity index is 745. The Morgan fingerprint density at radius 3 is 2.32 bits per heavy atom. The second-order valence-corrected chi connectivity index (χ2v) is 6.38. The largest absolute Gasteiger partial charge is 0.493 e. The molecule has 0 amide bonds. The van der Waals surface area contributed by atoms with Gasteiger partial charge in [-0.1, -0.05) is 0 Å². The summed E-state index contributed by atoms with van der Waals surface area (Å²) in [5.41, 5.74) is 0.727. The number of anilines is 1. The number of likely N-dealkylation sites (tertiary alicyclic amines) is 1. The number of aromatic nitrogens is 2. The number of piperidine rings is 1. The monoisotopic (exact) mass is 346 g/mol. The maximum atomic E-state index is 5.57. The number of fused-ring (bicyclic) bond motifs is 1. The molecule has 2 aromatic rings. The van der Waals surface area contributed by atoms with Crippen molar-refractivity contribution in [1.29, 1.82) is 0 Å². The van der Waals surface area contributed by atoms with Crippen molar-refractivity contribution in [3.63, 3.8) is 0 Å². The second kappa shape index (κ2) is 7.31. The fraction of sp³-hybridized carbons (Fsp3) is 0.556. The van der Waals surface area contributed by atoms with Gasteiger partial charge in [-0.15, -0.1) is 0 Å². The van der Waals surface area contributed by atoms with Crippen molar-refractivity contribution >= 4 is 16.7 Å². The van der Waals surface area contributed by atoms with Gasteiger partial charge in [0.05, 0.1) is 26.7 Å². The molecule has 0 unspecified atom stereocenters. The van der Waals surface area contributed by atoms with Crippen LogP contribution < -0.4 is 19.1 Å². The summed E-state index contributed by atoms with van der Waals surface area (Å²) in [4.78, 5) is 13.6. The van der Waals surface area contributed by atoms with Crippen molar-refractivity contribution in [2.75, 3.05) is 53.4 Å². The van der Waals surface area contributed by atoms with Crippen LogP contribution in [0.2, 0.25) is 0 Å². The molecule has 1 fully saturated rings. The van der Waals surface area contributed by atoms with Crippen LogP contribution >= 0.6 is 0 Å². The van der Waals surface area contributed by atoms with E-state index in [9.17, 15) is 0 Å².